The van der Waals surface area contributed by atoms with E-state index in [9.17, 15) is 4.79 Å². The third-order valence-corrected chi connectivity index (χ3v) is 7.43. The van der Waals surface area contributed by atoms with Gasteiger partial charge >= 0.3 is 5.97 Å². The van der Waals surface area contributed by atoms with Crippen LogP contribution in [0.25, 0.3) is 0 Å². The molecule has 0 unspecified atom stereocenters. The summed E-state index contributed by atoms with van der Waals surface area (Å²) in [6, 6.07) is 0. The molecule has 18 heavy (non-hydrogen) atoms. The Labute approximate surface area is 119 Å². The van der Waals surface area contributed by atoms with Crippen LogP contribution in [0.5, 0.6) is 0 Å². The van der Waals surface area contributed by atoms with E-state index in [1.165, 1.54) is 38.5 Å². The van der Waals surface area contributed by atoms with Crippen LogP contribution in [0.15, 0.2) is 0 Å². The summed E-state index contributed by atoms with van der Waals surface area (Å²) in [7, 11) is -1.52. The number of rotatable bonds is 11. The van der Waals surface area contributed by atoms with Gasteiger partial charge in [-0.3, -0.25) is 0 Å². The van der Waals surface area contributed by atoms with Crippen molar-refractivity contribution >= 4 is 26.1 Å². The molecular weight excluding hydrogens is 263 g/mol. The molecule has 0 atom stereocenters. The second-order valence-electron chi connectivity index (χ2n) is 4.91. The largest absolute Gasteiger partial charge is 0.359 e. The third kappa shape index (κ3) is 7.63. The molecule has 0 bridgehead atoms. The molecule has 2 nitrogen and oxygen atoms in total. The number of hydrogen-bond acceptors (Lipinski definition) is 3. The first kappa shape index (κ1) is 18.2. The van der Waals surface area contributed by atoms with Gasteiger partial charge in [-0.15, -0.1) is 0 Å². The van der Waals surface area contributed by atoms with Gasteiger partial charge in [0, 0.05) is 0 Å². The van der Waals surface area contributed by atoms with Gasteiger partial charge in [0.1, 0.15) is 0 Å². The topological polar surface area (TPSA) is 26.3 Å². The highest BCUT2D eigenvalue weighted by atomic mass is 32.1. The molecule has 0 aliphatic carbocycles. The van der Waals surface area contributed by atoms with Gasteiger partial charge in [0.25, 0.3) is 0 Å². The minimum Gasteiger partial charge on any atom is -0.312 e. The second kappa shape index (κ2) is 11.1. The average molecular weight is 293 g/mol. The van der Waals surface area contributed by atoms with E-state index in [1.807, 2.05) is 0 Å². The first-order chi connectivity index (χ1) is 8.64. The van der Waals surface area contributed by atoms with Crippen LogP contribution in [-0.4, -0.2) is 30.2 Å². The van der Waals surface area contributed by atoms with Gasteiger partial charge in [-0.2, -0.15) is 12.6 Å². The molecule has 0 aromatic carbocycles. The van der Waals surface area contributed by atoms with Crippen LogP contribution in [0.1, 0.15) is 59.3 Å². The molecule has 0 aromatic rings. The lowest BCUT2D eigenvalue weighted by atomic mass is 10.4. The quantitative estimate of drug-likeness (QED) is 0.438. The average Bonchev–Trinajstić information content (AvgIpc) is 2.40. The highest BCUT2D eigenvalue weighted by Crippen LogP contribution is 2.61. The van der Waals surface area contributed by atoms with Gasteiger partial charge in [0.05, 0.1) is 24.2 Å². The van der Waals surface area contributed by atoms with Crippen LogP contribution in [-0.2, 0) is 9.32 Å². The van der Waals surface area contributed by atoms with E-state index in [0.717, 1.165) is 18.5 Å². The smallest absolute Gasteiger partial charge is 0.312 e. The van der Waals surface area contributed by atoms with E-state index in [1.54, 1.807) is 0 Å². The summed E-state index contributed by atoms with van der Waals surface area (Å²) >= 11 is 4.04. The Kier molecular flexibility index (Phi) is 11.3. The monoisotopic (exact) mass is 293 g/mol. The first-order valence-corrected chi connectivity index (χ1v) is 10.2. The molecule has 0 saturated heterocycles. The number of carbonyl (C=O) groups is 1. The minimum absolute atomic E-state index is 0.116. The molecule has 0 aromatic heterocycles. The van der Waals surface area contributed by atoms with Gasteiger partial charge < -0.3 is 4.52 Å². The summed E-state index contributed by atoms with van der Waals surface area (Å²) in [4.78, 5) is 11.6. The molecule has 4 heteroatoms. The number of thiol groups is 1. The maximum Gasteiger partial charge on any atom is 0.359 e. The molecule has 0 N–H and O–H groups in total. The van der Waals surface area contributed by atoms with Crippen molar-refractivity contribution in [3.8, 4) is 0 Å². The van der Waals surface area contributed by atoms with Crippen molar-refractivity contribution in [1.82, 2.24) is 0 Å². The Bertz CT molecular complexity index is 200. The summed E-state index contributed by atoms with van der Waals surface area (Å²) in [6.45, 7) is 6.61. The fraction of sp³-hybridized carbons (Fsp3) is 0.929. The van der Waals surface area contributed by atoms with Crippen molar-refractivity contribution in [2.75, 3.05) is 24.2 Å². The first-order valence-electron chi connectivity index (χ1n) is 7.33. The predicted octanol–water partition coefficient (Wildman–Crippen LogP) is 4.79. The Balaban J connectivity index is 4.66. The number of carbonyl (C=O) groups excluding carboxylic acids is 1. The molecule has 0 rings (SSSR count). The Morgan fingerprint density at radius 2 is 1.33 bits per heavy atom. The van der Waals surface area contributed by atoms with E-state index in [2.05, 4.69) is 33.4 Å². The Hall–Kier alpha value is 0.250. The fourth-order valence-corrected chi connectivity index (χ4v) is 6.34. The van der Waals surface area contributed by atoms with Crippen molar-refractivity contribution in [3.63, 3.8) is 0 Å². The summed E-state index contributed by atoms with van der Waals surface area (Å²) in [6.07, 6.45) is 10.4. The van der Waals surface area contributed by atoms with Gasteiger partial charge in [-0.25, -0.2) is 4.79 Å². The van der Waals surface area contributed by atoms with E-state index >= 15 is 0 Å². The van der Waals surface area contributed by atoms with Crippen LogP contribution >= 0.6 is 20.1 Å². The molecule has 0 fully saturated rings. The fourth-order valence-electron chi connectivity index (χ4n) is 2.06. The van der Waals surface area contributed by atoms with Crippen molar-refractivity contribution in [2.24, 2.45) is 0 Å². The summed E-state index contributed by atoms with van der Waals surface area (Å²) in [5, 5.41) is 0. The SMILES string of the molecule is CCCC[P+](CCCC)(CCCC)OC(=O)CS. The van der Waals surface area contributed by atoms with Crippen LogP contribution in [0, 0.1) is 0 Å². The minimum atomic E-state index is -1.52. The highest BCUT2D eigenvalue weighted by Gasteiger charge is 2.40. The number of unbranched alkanes of at least 4 members (excludes halogenated alkanes) is 3. The lowest BCUT2D eigenvalue weighted by Crippen LogP contribution is -2.17. The molecular formula is C14H30O2PS+. The lowest BCUT2D eigenvalue weighted by Gasteiger charge is -2.25. The lowest BCUT2D eigenvalue weighted by molar-refractivity contribution is -0.131. The summed E-state index contributed by atoms with van der Waals surface area (Å²) in [5.41, 5.74) is 0. The van der Waals surface area contributed by atoms with Gasteiger partial charge in [0.15, 0.2) is 7.49 Å². The molecule has 0 spiro atoms. The van der Waals surface area contributed by atoms with Gasteiger partial charge in [0.2, 0.25) is 0 Å². The Morgan fingerprint density at radius 1 is 0.944 bits per heavy atom. The van der Waals surface area contributed by atoms with Crippen LogP contribution in [0.3, 0.4) is 0 Å². The van der Waals surface area contributed by atoms with Crippen molar-refractivity contribution < 1.29 is 9.32 Å². The highest BCUT2D eigenvalue weighted by molar-refractivity contribution is 7.81. The Morgan fingerprint density at radius 3 is 1.61 bits per heavy atom. The predicted molar refractivity (Wildman–Crippen MR) is 86.2 cm³/mol. The van der Waals surface area contributed by atoms with E-state index < -0.39 is 7.49 Å². The van der Waals surface area contributed by atoms with Gasteiger partial charge in [-0.1, -0.05) is 40.0 Å². The number of hydrogen-bond donors (Lipinski definition) is 1. The van der Waals surface area contributed by atoms with Crippen molar-refractivity contribution in [1.29, 1.82) is 0 Å². The van der Waals surface area contributed by atoms with Crippen LogP contribution in [0.4, 0.5) is 0 Å². The van der Waals surface area contributed by atoms with E-state index in [-0.39, 0.29) is 11.7 Å². The maximum atomic E-state index is 11.6. The molecule has 0 aliphatic rings. The summed E-state index contributed by atoms with van der Waals surface area (Å²) < 4.78 is 5.89. The van der Waals surface area contributed by atoms with Crippen LogP contribution < -0.4 is 0 Å². The molecule has 0 amide bonds. The molecule has 0 aliphatic heterocycles. The van der Waals surface area contributed by atoms with E-state index in [4.69, 9.17) is 4.52 Å². The van der Waals surface area contributed by atoms with Crippen molar-refractivity contribution in [3.05, 3.63) is 0 Å². The third-order valence-electron chi connectivity index (χ3n) is 3.18. The standard InChI is InChI=1S/C14H29O2PS/c1-4-7-10-17(11-8-5-2,12-9-6-3)16-14(15)13-18/h4-13H2,1-3H3/p+1. The molecule has 108 valence electrons. The molecule has 0 saturated carbocycles. The summed E-state index contributed by atoms with van der Waals surface area (Å²) in [5.74, 6) is 0.0986. The van der Waals surface area contributed by atoms with E-state index in [0.29, 0.717) is 0 Å². The normalized spacial score (nSPS) is 11.6. The van der Waals surface area contributed by atoms with Gasteiger partial charge in [-0.05, 0) is 19.3 Å². The van der Waals surface area contributed by atoms with Crippen LogP contribution in [0.2, 0.25) is 0 Å². The molecule has 0 radical (unpaired) electrons. The molecule has 0 heterocycles. The zero-order valence-corrected chi connectivity index (χ0v) is 14.1. The zero-order chi connectivity index (χ0) is 13.9. The second-order valence-corrected chi connectivity index (χ2v) is 8.87. The maximum absolute atomic E-state index is 11.6. The zero-order valence-electron chi connectivity index (χ0n) is 12.3. The van der Waals surface area contributed by atoms with Crippen molar-refractivity contribution in [2.45, 2.75) is 59.3 Å².